The smallest absolute Gasteiger partial charge is 0.256 e. The van der Waals surface area contributed by atoms with Crippen molar-refractivity contribution in [1.82, 2.24) is 9.78 Å². The van der Waals surface area contributed by atoms with E-state index in [9.17, 15) is 9.18 Å². The Morgan fingerprint density at radius 2 is 1.81 bits per heavy atom. The van der Waals surface area contributed by atoms with E-state index in [1.807, 2.05) is 39.0 Å². The highest BCUT2D eigenvalue weighted by Crippen LogP contribution is 2.27. The van der Waals surface area contributed by atoms with Crippen molar-refractivity contribution in [2.45, 2.75) is 26.2 Å². The fraction of sp³-hybridized carbons (Fsp3) is 0.200. The number of halogens is 2. The summed E-state index contributed by atoms with van der Waals surface area (Å²) in [6.07, 6.45) is 0. The van der Waals surface area contributed by atoms with Gasteiger partial charge in [0, 0.05) is 22.1 Å². The predicted molar refractivity (Wildman–Crippen MR) is 102 cm³/mol. The van der Waals surface area contributed by atoms with Crippen LogP contribution in [0.4, 0.5) is 10.2 Å². The summed E-state index contributed by atoms with van der Waals surface area (Å²) in [5, 5.41) is 8.07. The van der Waals surface area contributed by atoms with E-state index in [-0.39, 0.29) is 11.0 Å². The summed E-state index contributed by atoms with van der Waals surface area (Å²) < 4.78 is 15.0. The molecule has 1 N–H and O–H groups in total. The molecule has 6 heteroatoms. The molecule has 3 rings (SSSR count). The van der Waals surface area contributed by atoms with Gasteiger partial charge in [-0.1, -0.05) is 38.4 Å². The van der Waals surface area contributed by atoms with Gasteiger partial charge in [-0.05, 0) is 42.5 Å². The fourth-order valence-corrected chi connectivity index (χ4v) is 2.56. The molecule has 0 spiro atoms. The van der Waals surface area contributed by atoms with E-state index >= 15 is 0 Å². The van der Waals surface area contributed by atoms with Gasteiger partial charge < -0.3 is 5.32 Å². The summed E-state index contributed by atoms with van der Waals surface area (Å²) in [4.78, 5) is 12.5. The third-order valence-corrected chi connectivity index (χ3v) is 4.13. The van der Waals surface area contributed by atoms with Crippen LogP contribution in [-0.2, 0) is 5.41 Å². The van der Waals surface area contributed by atoms with Crippen LogP contribution in [0.1, 0.15) is 36.8 Å². The van der Waals surface area contributed by atoms with Crippen molar-refractivity contribution in [3.8, 4) is 5.69 Å². The van der Waals surface area contributed by atoms with Crippen molar-refractivity contribution in [2.24, 2.45) is 0 Å². The molecule has 0 saturated heterocycles. The zero-order valence-corrected chi connectivity index (χ0v) is 15.5. The molecule has 0 aliphatic carbocycles. The first-order chi connectivity index (χ1) is 12.2. The van der Waals surface area contributed by atoms with Gasteiger partial charge >= 0.3 is 0 Å². The number of nitrogens with zero attached hydrogens (tertiary/aromatic N) is 2. The van der Waals surface area contributed by atoms with Crippen molar-refractivity contribution >= 4 is 23.3 Å². The number of carbonyl (C=O) groups excluding carboxylic acids is 1. The van der Waals surface area contributed by atoms with Crippen LogP contribution in [0.5, 0.6) is 0 Å². The van der Waals surface area contributed by atoms with E-state index in [4.69, 9.17) is 11.6 Å². The van der Waals surface area contributed by atoms with Gasteiger partial charge in [0.1, 0.15) is 11.6 Å². The van der Waals surface area contributed by atoms with Crippen LogP contribution in [0, 0.1) is 5.82 Å². The third kappa shape index (κ3) is 3.94. The number of benzene rings is 2. The molecule has 0 aliphatic heterocycles. The van der Waals surface area contributed by atoms with Gasteiger partial charge in [-0.15, -0.1) is 0 Å². The number of amides is 1. The summed E-state index contributed by atoms with van der Waals surface area (Å²) in [5.74, 6) is -0.356. The maximum Gasteiger partial charge on any atom is 0.256 e. The van der Waals surface area contributed by atoms with Crippen molar-refractivity contribution in [1.29, 1.82) is 0 Å². The minimum atomic E-state index is -0.459. The molecule has 1 heterocycles. The van der Waals surface area contributed by atoms with Crippen molar-refractivity contribution < 1.29 is 9.18 Å². The standard InChI is InChI=1S/C20H19ClFN3O/c1-20(2,3)17-12-18(23-19(26)13-5-4-6-15(22)11-13)25(24-17)16-9-7-14(21)8-10-16/h4-12H,1-3H3,(H,23,26). The number of hydrogen-bond donors (Lipinski definition) is 1. The van der Waals surface area contributed by atoms with E-state index in [1.54, 1.807) is 22.9 Å². The van der Waals surface area contributed by atoms with Gasteiger partial charge in [-0.2, -0.15) is 5.10 Å². The zero-order chi connectivity index (χ0) is 18.9. The average molecular weight is 372 g/mol. The molecule has 0 bridgehead atoms. The molecule has 0 aliphatic rings. The van der Waals surface area contributed by atoms with Crippen molar-refractivity contribution in [3.05, 3.63) is 76.7 Å². The summed E-state index contributed by atoms with van der Waals surface area (Å²) in [6.45, 7) is 6.12. The minimum Gasteiger partial charge on any atom is -0.306 e. The van der Waals surface area contributed by atoms with Crippen LogP contribution < -0.4 is 5.32 Å². The molecule has 26 heavy (non-hydrogen) atoms. The van der Waals surface area contributed by atoms with Crippen LogP contribution in [0.15, 0.2) is 54.6 Å². The van der Waals surface area contributed by atoms with Gasteiger partial charge in [0.2, 0.25) is 0 Å². The Kier molecular flexibility index (Phi) is 4.83. The molecule has 0 radical (unpaired) electrons. The molecule has 0 atom stereocenters. The predicted octanol–water partition coefficient (Wildman–Crippen LogP) is 5.21. The highest BCUT2D eigenvalue weighted by atomic mass is 35.5. The van der Waals surface area contributed by atoms with Gasteiger partial charge in [0.05, 0.1) is 11.4 Å². The fourth-order valence-electron chi connectivity index (χ4n) is 2.43. The summed E-state index contributed by atoms with van der Waals surface area (Å²) in [5.41, 5.74) is 1.63. The van der Waals surface area contributed by atoms with Gasteiger partial charge in [0.15, 0.2) is 0 Å². The Hall–Kier alpha value is -2.66. The summed E-state index contributed by atoms with van der Waals surface area (Å²) >= 11 is 5.96. The van der Waals surface area contributed by atoms with Gasteiger partial charge in [0.25, 0.3) is 5.91 Å². The van der Waals surface area contributed by atoms with E-state index < -0.39 is 11.7 Å². The first-order valence-electron chi connectivity index (χ1n) is 8.17. The Bertz CT molecular complexity index is 942. The number of nitrogens with one attached hydrogen (secondary N) is 1. The Balaban J connectivity index is 2.00. The molecular weight excluding hydrogens is 353 g/mol. The lowest BCUT2D eigenvalue weighted by molar-refractivity contribution is 0.102. The average Bonchev–Trinajstić information content (AvgIpc) is 2.99. The zero-order valence-electron chi connectivity index (χ0n) is 14.8. The van der Waals surface area contributed by atoms with Gasteiger partial charge in [-0.25, -0.2) is 9.07 Å². The first kappa shape index (κ1) is 18.1. The van der Waals surface area contributed by atoms with Crippen molar-refractivity contribution in [2.75, 3.05) is 5.32 Å². The Morgan fingerprint density at radius 1 is 1.12 bits per heavy atom. The molecule has 1 amide bonds. The maximum atomic E-state index is 13.4. The SMILES string of the molecule is CC(C)(C)c1cc(NC(=O)c2cccc(F)c2)n(-c2ccc(Cl)cc2)n1. The first-order valence-corrected chi connectivity index (χ1v) is 8.55. The molecular formula is C20H19ClFN3O. The topological polar surface area (TPSA) is 46.9 Å². The second-order valence-corrected chi connectivity index (χ2v) is 7.45. The lowest BCUT2D eigenvalue weighted by Crippen LogP contribution is -2.15. The second kappa shape index (κ2) is 6.92. The van der Waals surface area contributed by atoms with Crippen LogP contribution >= 0.6 is 11.6 Å². The lowest BCUT2D eigenvalue weighted by atomic mass is 9.92. The highest BCUT2D eigenvalue weighted by Gasteiger charge is 2.22. The summed E-state index contributed by atoms with van der Waals surface area (Å²) in [7, 11) is 0. The monoisotopic (exact) mass is 371 g/mol. The maximum absolute atomic E-state index is 13.4. The number of anilines is 1. The minimum absolute atomic E-state index is 0.198. The van der Waals surface area contributed by atoms with Crippen LogP contribution in [0.25, 0.3) is 5.69 Å². The Morgan fingerprint density at radius 3 is 2.42 bits per heavy atom. The van der Waals surface area contributed by atoms with E-state index in [0.29, 0.717) is 10.8 Å². The molecule has 1 aromatic heterocycles. The Labute approximate surface area is 156 Å². The second-order valence-electron chi connectivity index (χ2n) is 7.02. The molecule has 3 aromatic rings. The number of carbonyl (C=O) groups is 1. The number of aromatic nitrogens is 2. The van der Waals surface area contributed by atoms with E-state index in [1.165, 1.54) is 18.2 Å². The molecule has 0 saturated carbocycles. The molecule has 134 valence electrons. The molecule has 4 nitrogen and oxygen atoms in total. The number of hydrogen-bond acceptors (Lipinski definition) is 2. The van der Waals surface area contributed by atoms with Crippen LogP contribution in [0.3, 0.4) is 0 Å². The lowest BCUT2D eigenvalue weighted by Gasteiger charge is -2.14. The van der Waals surface area contributed by atoms with Crippen LogP contribution in [-0.4, -0.2) is 15.7 Å². The summed E-state index contributed by atoms with van der Waals surface area (Å²) in [6, 6.07) is 14.5. The highest BCUT2D eigenvalue weighted by molar-refractivity contribution is 6.30. The third-order valence-electron chi connectivity index (χ3n) is 3.88. The van der Waals surface area contributed by atoms with Crippen molar-refractivity contribution in [3.63, 3.8) is 0 Å². The largest absolute Gasteiger partial charge is 0.306 e. The molecule has 0 unspecified atom stereocenters. The van der Waals surface area contributed by atoms with E-state index in [0.717, 1.165) is 11.4 Å². The van der Waals surface area contributed by atoms with Crippen LogP contribution in [0.2, 0.25) is 5.02 Å². The molecule has 0 fully saturated rings. The van der Waals surface area contributed by atoms with Gasteiger partial charge in [-0.3, -0.25) is 4.79 Å². The van der Waals surface area contributed by atoms with E-state index in [2.05, 4.69) is 10.4 Å². The molecule has 2 aromatic carbocycles. The normalized spacial score (nSPS) is 11.4. The number of rotatable bonds is 3. The quantitative estimate of drug-likeness (QED) is 0.686.